The molecule has 1 aromatic carbocycles. The van der Waals surface area contributed by atoms with Crippen molar-refractivity contribution in [2.24, 2.45) is 5.22 Å². The lowest BCUT2D eigenvalue weighted by atomic mass is 10.1. The van der Waals surface area contributed by atoms with Gasteiger partial charge < -0.3 is 5.32 Å². The molecule has 5 heteroatoms. The molecule has 3 N–H and O–H groups in total. The third kappa shape index (κ3) is 1.85. The number of carbonyl (C=O) groups is 1. The molecule has 1 amide bonds. The highest BCUT2D eigenvalue weighted by Crippen LogP contribution is 2.21. The number of fused-ring (bicyclic) bond motifs is 1. The third-order valence-electron chi connectivity index (χ3n) is 2.18. The predicted octanol–water partition coefficient (Wildman–Crippen LogP) is 1.80. The Bertz CT molecular complexity index is 439. The van der Waals surface area contributed by atoms with Gasteiger partial charge in [0.2, 0.25) is 0 Å². The summed E-state index contributed by atoms with van der Waals surface area (Å²) < 4.78 is 0. The SMILES string of the molecule is N=NNC(=O)c1ccc2c(c1)NCC=C2. The zero-order valence-electron chi connectivity index (χ0n) is 7.95. The summed E-state index contributed by atoms with van der Waals surface area (Å²) in [6.45, 7) is 0.765. The van der Waals surface area contributed by atoms with Crippen molar-refractivity contribution in [2.75, 3.05) is 11.9 Å². The van der Waals surface area contributed by atoms with Gasteiger partial charge >= 0.3 is 0 Å². The summed E-state index contributed by atoms with van der Waals surface area (Å²) in [6.07, 6.45) is 4.02. The highest BCUT2D eigenvalue weighted by atomic mass is 16.2. The van der Waals surface area contributed by atoms with Crippen molar-refractivity contribution in [2.45, 2.75) is 0 Å². The first-order valence-electron chi connectivity index (χ1n) is 4.52. The van der Waals surface area contributed by atoms with Crippen LogP contribution in [0.3, 0.4) is 0 Å². The minimum absolute atomic E-state index is 0.371. The van der Waals surface area contributed by atoms with E-state index >= 15 is 0 Å². The zero-order chi connectivity index (χ0) is 10.7. The van der Waals surface area contributed by atoms with E-state index < -0.39 is 0 Å². The van der Waals surface area contributed by atoms with Crippen LogP contribution in [-0.2, 0) is 0 Å². The Morgan fingerprint density at radius 1 is 1.53 bits per heavy atom. The van der Waals surface area contributed by atoms with Crippen LogP contribution in [0.25, 0.3) is 6.08 Å². The molecule has 15 heavy (non-hydrogen) atoms. The number of rotatable bonds is 2. The van der Waals surface area contributed by atoms with E-state index in [2.05, 4.69) is 16.0 Å². The van der Waals surface area contributed by atoms with Crippen molar-refractivity contribution < 1.29 is 4.79 Å². The number of benzene rings is 1. The van der Waals surface area contributed by atoms with Gasteiger partial charge in [0.25, 0.3) is 5.91 Å². The number of hydrogen-bond donors (Lipinski definition) is 3. The van der Waals surface area contributed by atoms with Crippen molar-refractivity contribution in [1.29, 1.82) is 5.53 Å². The quantitative estimate of drug-likeness (QED) is 0.505. The molecule has 0 aromatic heterocycles. The average Bonchev–Trinajstić information content (AvgIpc) is 2.29. The van der Waals surface area contributed by atoms with Crippen molar-refractivity contribution in [3.63, 3.8) is 0 Å². The molecular formula is C10H10N4O. The number of hydrogen-bond acceptors (Lipinski definition) is 4. The van der Waals surface area contributed by atoms with Crippen LogP contribution in [0, 0.1) is 5.53 Å². The molecule has 2 rings (SSSR count). The molecule has 5 nitrogen and oxygen atoms in total. The molecular weight excluding hydrogens is 192 g/mol. The average molecular weight is 202 g/mol. The van der Waals surface area contributed by atoms with Crippen molar-refractivity contribution in [3.8, 4) is 0 Å². The summed E-state index contributed by atoms with van der Waals surface area (Å²) in [5, 5.41) is 6.00. The van der Waals surface area contributed by atoms with Crippen molar-refractivity contribution >= 4 is 17.7 Å². The first-order chi connectivity index (χ1) is 7.31. The number of carbonyl (C=O) groups excluding carboxylic acids is 1. The Morgan fingerprint density at radius 3 is 3.20 bits per heavy atom. The van der Waals surface area contributed by atoms with Gasteiger partial charge in [0.05, 0.1) is 0 Å². The van der Waals surface area contributed by atoms with Gasteiger partial charge in [-0.2, -0.15) is 5.53 Å². The van der Waals surface area contributed by atoms with Crippen LogP contribution < -0.4 is 10.7 Å². The van der Waals surface area contributed by atoms with Gasteiger partial charge in [-0.15, -0.1) is 0 Å². The maximum Gasteiger partial charge on any atom is 0.272 e. The topological polar surface area (TPSA) is 77.3 Å². The number of anilines is 1. The molecule has 0 unspecified atom stereocenters. The van der Waals surface area contributed by atoms with Gasteiger partial charge in [0.1, 0.15) is 0 Å². The van der Waals surface area contributed by atoms with E-state index in [1.807, 2.05) is 18.2 Å². The largest absolute Gasteiger partial charge is 0.381 e. The molecule has 0 atom stereocenters. The van der Waals surface area contributed by atoms with Crippen molar-refractivity contribution in [3.05, 3.63) is 35.4 Å². The van der Waals surface area contributed by atoms with Gasteiger partial charge in [0, 0.05) is 17.8 Å². The zero-order valence-corrected chi connectivity index (χ0v) is 7.95. The second-order valence-electron chi connectivity index (χ2n) is 3.14. The summed E-state index contributed by atoms with van der Waals surface area (Å²) >= 11 is 0. The van der Waals surface area contributed by atoms with E-state index in [1.54, 1.807) is 12.1 Å². The van der Waals surface area contributed by atoms with Crippen LogP contribution in [0.1, 0.15) is 15.9 Å². The lowest BCUT2D eigenvalue weighted by Gasteiger charge is -2.13. The van der Waals surface area contributed by atoms with Gasteiger partial charge in [-0.3, -0.25) is 4.79 Å². The minimum Gasteiger partial charge on any atom is -0.381 e. The summed E-state index contributed by atoms with van der Waals surface area (Å²) in [5.41, 5.74) is 11.1. The first-order valence-corrected chi connectivity index (χ1v) is 4.52. The highest BCUT2D eigenvalue weighted by molar-refractivity contribution is 5.95. The Balaban J connectivity index is 2.32. The maximum atomic E-state index is 11.4. The van der Waals surface area contributed by atoms with Crippen molar-refractivity contribution in [1.82, 2.24) is 5.43 Å². The molecule has 0 radical (unpaired) electrons. The predicted molar refractivity (Wildman–Crippen MR) is 56.6 cm³/mol. The van der Waals surface area contributed by atoms with Gasteiger partial charge in [0.15, 0.2) is 0 Å². The Labute approximate surface area is 86.7 Å². The molecule has 1 aliphatic heterocycles. The molecule has 1 heterocycles. The minimum atomic E-state index is -0.371. The van der Waals surface area contributed by atoms with Crippen LogP contribution in [0.4, 0.5) is 5.69 Å². The van der Waals surface area contributed by atoms with Gasteiger partial charge in [-0.25, -0.2) is 5.43 Å². The number of nitrogens with one attached hydrogen (secondary N) is 3. The molecule has 0 spiro atoms. The van der Waals surface area contributed by atoms with Gasteiger partial charge in [-0.05, 0) is 17.7 Å². The Hall–Kier alpha value is -2.17. The smallest absolute Gasteiger partial charge is 0.272 e. The molecule has 0 saturated heterocycles. The maximum absolute atomic E-state index is 11.4. The second-order valence-corrected chi connectivity index (χ2v) is 3.14. The lowest BCUT2D eigenvalue weighted by molar-refractivity contribution is 0.0950. The van der Waals surface area contributed by atoms with E-state index in [0.717, 1.165) is 17.8 Å². The second kappa shape index (κ2) is 3.91. The van der Waals surface area contributed by atoms with Crippen LogP contribution in [0.2, 0.25) is 0 Å². The number of amides is 1. The summed E-state index contributed by atoms with van der Waals surface area (Å²) in [4.78, 5) is 11.4. The highest BCUT2D eigenvalue weighted by Gasteiger charge is 2.09. The van der Waals surface area contributed by atoms with E-state index in [9.17, 15) is 4.79 Å². The molecule has 0 saturated carbocycles. The number of nitrogens with zero attached hydrogens (tertiary/aromatic N) is 1. The van der Waals surface area contributed by atoms with Crippen LogP contribution in [-0.4, -0.2) is 12.5 Å². The standard InChI is InChI=1S/C10H10N4O/c11-14-13-10(15)8-4-3-7-2-1-5-12-9(7)6-8/h1-4,6,12H,5H2,(H2,11,13,15). The fourth-order valence-electron chi connectivity index (χ4n) is 1.47. The molecule has 0 fully saturated rings. The Kier molecular flexibility index (Phi) is 2.45. The molecule has 0 aliphatic carbocycles. The molecule has 1 aliphatic rings. The van der Waals surface area contributed by atoms with Gasteiger partial charge in [-0.1, -0.05) is 23.4 Å². The Morgan fingerprint density at radius 2 is 2.40 bits per heavy atom. The van der Waals surface area contributed by atoms with E-state index in [1.165, 1.54) is 0 Å². The first kappa shape index (κ1) is 9.39. The van der Waals surface area contributed by atoms with E-state index in [4.69, 9.17) is 5.53 Å². The monoisotopic (exact) mass is 202 g/mol. The normalized spacial score (nSPS) is 12.5. The fourth-order valence-corrected chi connectivity index (χ4v) is 1.47. The summed E-state index contributed by atoms with van der Waals surface area (Å²) in [5.74, 6) is -0.371. The molecule has 1 aromatic rings. The fraction of sp³-hybridized carbons (Fsp3) is 0.100. The third-order valence-corrected chi connectivity index (χ3v) is 2.18. The molecule has 0 bridgehead atoms. The van der Waals surface area contributed by atoms with Crippen LogP contribution >= 0.6 is 0 Å². The summed E-state index contributed by atoms with van der Waals surface area (Å²) in [6, 6.07) is 5.31. The van der Waals surface area contributed by atoms with E-state index in [-0.39, 0.29) is 5.91 Å². The molecule has 76 valence electrons. The van der Waals surface area contributed by atoms with Crippen LogP contribution in [0.15, 0.2) is 29.5 Å². The lowest BCUT2D eigenvalue weighted by Crippen LogP contribution is -2.17. The van der Waals surface area contributed by atoms with E-state index in [0.29, 0.717) is 5.56 Å². The summed E-state index contributed by atoms with van der Waals surface area (Å²) in [7, 11) is 0. The van der Waals surface area contributed by atoms with Crippen LogP contribution in [0.5, 0.6) is 0 Å².